The molecule has 2 heteroatoms. The Morgan fingerprint density at radius 2 is 1.03 bits per heavy atom. The van der Waals surface area contributed by atoms with Gasteiger partial charge in [-0.15, -0.1) is 0 Å². The molecule has 1 aliphatic heterocycles. The Labute approximate surface area is 202 Å². The predicted molar refractivity (Wildman–Crippen MR) is 139 cm³/mol. The molecule has 166 valence electrons. The molecule has 0 spiro atoms. The van der Waals surface area contributed by atoms with Crippen LogP contribution in [0, 0.1) is 5.92 Å². The summed E-state index contributed by atoms with van der Waals surface area (Å²) in [5, 5.41) is 0.875. The van der Waals surface area contributed by atoms with Gasteiger partial charge in [0.2, 0.25) is 0 Å². The van der Waals surface area contributed by atoms with E-state index in [2.05, 4.69) is 108 Å². The molecule has 33 heavy (non-hydrogen) atoms. The SMILES string of the molecule is Clc1ccccc1C(c1ccccc1)C1CCN(C(c2ccccc2)c2ccccc2)CC1. The number of hydrogen-bond acceptors (Lipinski definition) is 1. The Morgan fingerprint density at radius 3 is 1.55 bits per heavy atom. The summed E-state index contributed by atoms with van der Waals surface area (Å²) in [6, 6.07) is 41.5. The summed E-state index contributed by atoms with van der Waals surface area (Å²) in [5.41, 5.74) is 5.36. The van der Waals surface area contributed by atoms with Gasteiger partial charge < -0.3 is 0 Å². The Balaban J connectivity index is 1.42. The molecule has 0 radical (unpaired) electrons. The molecule has 4 aromatic carbocycles. The molecule has 4 aromatic rings. The van der Waals surface area contributed by atoms with Gasteiger partial charge in [0.15, 0.2) is 0 Å². The molecule has 0 amide bonds. The van der Waals surface area contributed by atoms with E-state index < -0.39 is 0 Å². The maximum absolute atomic E-state index is 6.72. The van der Waals surface area contributed by atoms with Crippen LogP contribution in [-0.4, -0.2) is 18.0 Å². The van der Waals surface area contributed by atoms with Crippen LogP contribution in [0.4, 0.5) is 0 Å². The molecule has 1 saturated heterocycles. The van der Waals surface area contributed by atoms with E-state index in [0.29, 0.717) is 17.9 Å². The summed E-state index contributed by atoms with van der Waals surface area (Å²) < 4.78 is 0. The van der Waals surface area contributed by atoms with E-state index in [0.717, 1.165) is 31.0 Å². The van der Waals surface area contributed by atoms with Crippen molar-refractivity contribution < 1.29 is 0 Å². The maximum atomic E-state index is 6.72. The molecule has 0 saturated carbocycles. The fourth-order valence-electron chi connectivity index (χ4n) is 5.49. The summed E-state index contributed by atoms with van der Waals surface area (Å²) in [4.78, 5) is 2.66. The van der Waals surface area contributed by atoms with Crippen molar-refractivity contribution in [3.8, 4) is 0 Å². The van der Waals surface area contributed by atoms with Crippen LogP contribution in [0.25, 0.3) is 0 Å². The smallest absolute Gasteiger partial charge is 0.0601 e. The van der Waals surface area contributed by atoms with Crippen molar-refractivity contribution in [3.63, 3.8) is 0 Å². The lowest BCUT2D eigenvalue weighted by Gasteiger charge is -2.41. The Bertz CT molecular complexity index is 1100. The second-order valence-corrected chi connectivity index (χ2v) is 9.41. The second kappa shape index (κ2) is 10.4. The van der Waals surface area contributed by atoms with Crippen LogP contribution in [-0.2, 0) is 0 Å². The van der Waals surface area contributed by atoms with Gasteiger partial charge in [0.1, 0.15) is 0 Å². The van der Waals surface area contributed by atoms with Crippen LogP contribution in [0.1, 0.15) is 47.1 Å². The van der Waals surface area contributed by atoms with Gasteiger partial charge in [0.05, 0.1) is 6.04 Å². The minimum atomic E-state index is 0.295. The normalized spacial score (nSPS) is 16.1. The van der Waals surface area contributed by atoms with E-state index in [1.165, 1.54) is 22.3 Å². The minimum Gasteiger partial charge on any atom is -0.292 e. The lowest BCUT2D eigenvalue weighted by atomic mass is 9.75. The highest BCUT2D eigenvalue weighted by Gasteiger charge is 2.33. The molecule has 0 bridgehead atoms. The van der Waals surface area contributed by atoms with Gasteiger partial charge in [-0.3, -0.25) is 4.90 Å². The predicted octanol–water partition coefficient (Wildman–Crippen LogP) is 7.97. The molecule has 1 aliphatic rings. The van der Waals surface area contributed by atoms with Gasteiger partial charge >= 0.3 is 0 Å². The topological polar surface area (TPSA) is 3.24 Å². The van der Waals surface area contributed by atoms with Crippen LogP contribution in [0.15, 0.2) is 115 Å². The minimum absolute atomic E-state index is 0.295. The zero-order valence-electron chi connectivity index (χ0n) is 18.9. The maximum Gasteiger partial charge on any atom is 0.0601 e. The summed E-state index contributed by atoms with van der Waals surface area (Å²) in [6.45, 7) is 2.15. The van der Waals surface area contributed by atoms with Crippen molar-refractivity contribution in [2.45, 2.75) is 24.8 Å². The Hall–Kier alpha value is -2.87. The lowest BCUT2D eigenvalue weighted by molar-refractivity contribution is 0.144. The number of piperidine rings is 1. The van der Waals surface area contributed by atoms with Gasteiger partial charge in [-0.25, -0.2) is 0 Å². The first kappa shape index (κ1) is 21.9. The van der Waals surface area contributed by atoms with Gasteiger partial charge in [-0.2, -0.15) is 0 Å². The highest BCUT2D eigenvalue weighted by molar-refractivity contribution is 6.31. The van der Waals surface area contributed by atoms with Crippen molar-refractivity contribution >= 4 is 11.6 Å². The third-order valence-electron chi connectivity index (χ3n) is 7.04. The number of halogens is 1. The lowest BCUT2D eigenvalue weighted by Crippen LogP contribution is -2.39. The molecule has 1 nitrogen and oxygen atoms in total. The molecule has 0 N–H and O–H groups in total. The van der Waals surface area contributed by atoms with E-state index in [1.54, 1.807) is 0 Å². The van der Waals surface area contributed by atoms with E-state index in [-0.39, 0.29) is 0 Å². The van der Waals surface area contributed by atoms with Crippen LogP contribution in [0.2, 0.25) is 5.02 Å². The summed E-state index contributed by atoms with van der Waals surface area (Å²) >= 11 is 6.72. The van der Waals surface area contributed by atoms with Gasteiger partial charge in [0, 0.05) is 10.9 Å². The first-order valence-electron chi connectivity index (χ1n) is 11.9. The third-order valence-corrected chi connectivity index (χ3v) is 7.38. The molecule has 1 atom stereocenters. The molecular formula is C31H30ClN. The molecular weight excluding hydrogens is 422 g/mol. The fourth-order valence-corrected chi connectivity index (χ4v) is 5.74. The number of hydrogen-bond donors (Lipinski definition) is 0. The van der Waals surface area contributed by atoms with Crippen molar-refractivity contribution in [1.82, 2.24) is 4.90 Å². The van der Waals surface area contributed by atoms with Crippen molar-refractivity contribution in [1.29, 1.82) is 0 Å². The third kappa shape index (κ3) is 4.90. The quantitative estimate of drug-likeness (QED) is 0.287. The summed E-state index contributed by atoms with van der Waals surface area (Å²) in [6.07, 6.45) is 2.31. The first-order chi connectivity index (χ1) is 16.3. The van der Waals surface area contributed by atoms with Gasteiger partial charge in [-0.05, 0) is 60.2 Å². The molecule has 5 rings (SSSR count). The molecule has 1 unspecified atom stereocenters. The summed E-state index contributed by atoms with van der Waals surface area (Å²) in [5.74, 6) is 0.893. The summed E-state index contributed by atoms with van der Waals surface area (Å²) in [7, 11) is 0. The Kier molecular flexibility index (Phi) is 6.90. The van der Waals surface area contributed by atoms with Crippen LogP contribution < -0.4 is 0 Å². The first-order valence-corrected chi connectivity index (χ1v) is 12.3. The highest BCUT2D eigenvalue weighted by atomic mass is 35.5. The van der Waals surface area contributed by atoms with E-state index in [4.69, 9.17) is 11.6 Å². The average Bonchev–Trinajstić information content (AvgIpc) is 2.88. The fraction of sp³-hybridized carbons (Fsp3) is 0.226. The van der Waals surface area contributed by atoms with Crippen LogP contribution >= 0.6 is 11.6 Å². The zero-order valence-corrected chi connectivity index (χ0v) is 19.6. The molecule has 0 aromatic heterocycles. The number of benzene rings is 4. The number of rotatable bonds is 6. The number of likely N-dealkylation sites (tertiary alicyclic amines) is 1. The standard InChI is InChI=1S/C31H30ClN/c32-29-19-11-10-18-28(29)30(24-12-4-1-5-13-24)25-20-22-33(23-21-25)31(26-14-6-2-7-15-26)27-16-8-3-9-17-27/h1-19,25,30-31H,20-23H2. The van der Waals surface area contributed by atoms with Gasteiger partial charge in [0.25, 0.3) is 0 Å². The largest absolute Gasteiger partial charge is 0.292 e. The van der Waals surface area contributed by atoms with E-state index in [1.807, 2.05) is 12.1 Å². The van der Waals surface area contributed by atoms with E-state index >= 15 is 0 Å². The van der Waals surface area contributed by atoms with Gasteiger partial charge in [-0.1, -0.05) is 121 Å². The second-order valence-electron chi connectivity index (χ2n) is 9.01. The highest BCUT2D eigenvalue weighted by Crippen LogP contribution is 2.42. The molecule has 0 aliphatic carbocycles. The van der Waals surface area contributed by atoms with Crippen molar-refractivity contribution in [2.75, 3.05) is 13.1 Å². The molecule has 1 fully saturated rings. The van der Waals surface area contributed by atoms with E-state index in [9.17, 15) is 0 Å². The average molecular weight is 452 g/mol. The monoisotopic (exact) mass is 451 g/mol. The van der Waals surface area contributed by atoms with Crippen LogP contribution in [0.3, 0.4) is 0 Å². The van der Waals surface area contributed by atoms with Crippen molar-refractivity contribution in [2.24, 2.45) is 5.92 Å². The van der Waals surface area contributed by atoms with Crippen LogP contribution in [0.5, 0.6) is 0 Å². The number of nitrogens with zero attached hydrogens (tertiary/aromatic N) is 1. The molecule has 1 heterocycles. The van der Waals surface area contributed by atoms with Crippen molar-refractivity contribution in [3.05, 3.63) is 143 Å². The zero-order chi connectivity index (χ0) is 22.5. The Morgan fingerprint density at radius 1 is 0.576 bits per heavy atom.